The van der Waals surface area contributed by atoms with Crippen LogP contribution in [0.4, 0.5) is 11.4 Å². The third-order valence-corrected chi connectivity index (χ3v) is 7.28. The highest BCUT2D eigenvalue weighted by atomic mass is 32.1. The Kier molecular flexibility index (Phi) is 7.63. The molecule has 10 heteroatoms. The summed E-state index contributed by atoms with van der Waals surface area (Å²) in [7, 11) is 1.47. The predicted molar refractivity (Wildman–Crippen MR) is 157 cm³/mol. The average molecular weight is 556 g/mol. The number of hydrogen-bond acceptors (Lipinski definition) is 5. The molecule has 204 valence electrons. The lowest BCUT2D eigenvalue weighted by molar-refractivity contribution is -0.119. The maximum absolute atomic E-state index is 12.0. The summed E-state index contributed by atoms with van der Waals surface area (Å²) in [4.78, 5) is 30.7. The van der Waals surface area contributed by atoms with Gasteiger partial charge in [0.2, 0.25) is 5.91 Å². The van der Waals surface area contributed by atoms with Gasteiger partial charge in [-0.05, 0) is 86.2 Å². The monoisotopic (exact) mass is 555 g/mol. The number of carbonyl (C=O) groups excluding carboxylic acids is 1. The van der Waals surface area contributed by atoms with Crippen LogP contribution in [0.1, 0.15) is 45.1 Å². The van der Waals surface area contributed by atoms with Crippen molar-refractivity contribution in [3.8, 4) is 5.69 Å². The third-order valence-electron chi connectivity index (χ3n) is 6.97. The number of aryl methyl sites for hydroxylation is 1. The molecule has 3 heterocycles. The molecule has 40 heavy (non-hydrogen) atoms. The van der Waals surface area contributed by atoms with Crippen molar-refractivity contribution in [1.29, 1.82) is 0 Å². The number of benzene rings is 2. The molecule has 1 aliphatic heterocycles. The van der Waals surface area contributed by atoms with Gasteiger partial charge in [-0.2, -0.15) is 0 Å². The Balaban J connectivity index is 1.61. The van der Waals surface area contributed by atoms with Gasteiger partial charge in [0.15, 0.2) is 5.11 Å². The number of rotatable bonds is 8. The molecule has 0 radical (unpaired) electrons. The number of aromatic nitrogens is 2. The number of ether oxygens (including phenoxy) is 1. The molecular weight excluding hydrogens is 526 g/mol. The number of anilines is 2. The molecule has 3 N–H and O–H groups in total. The van der Waals surface area contributed by atoms with E-state index in [1.165, 1.54) is 7.11 Å². The van der Waals surface area contributed by atoms with E-state index in [0.717, 1.165) is 28.3 Å². The van der Waals surface area contributed by atoms with Crippen LogP contribution in [0.25, 0.3) is 5.69 Å². The topological polar surface area (TPSA) is 109 Å². The number of thiocarbonyl (C=S) groups is 1. The molecule has 0 unspecified atom stereocenters. The molecule has 5 rings (SSSR count). The fourth-order valence-corrected chi connectivity index (χ4v) is 5.64. The molecule has 0 spiro atoms. The summed E-state index contributed by atoms with van der Waals surface area (Å²) in [5.74, 6) is -1.23. The zero-order valence-electron chi connectivity index (χ0n) is 22.3. The SMILES string of the molecule is COCC(=O)Nc1ccc(N2C(=S)N[C@H](c3ccccn3)[C@H]2c2cc(C)n(-c3ccccc3C(=O)O)c2C)cc1. The van der Waals surface area contributed by atoms with Gasteiger partial charge in [-0.25, -0.2) is 4.79 Å². The highest BCUT2D eigenvalue weighted by Gasteiger charge is 2.42. The first-order valence-electron chi connectivity index (χ1n) is 12.7. The summed E-state index contributed by atoms with van der Waals surface area (Å²) >= 11 is 5.86. The zero-order valence-corrected chi connectivity index (χ0v) is 23.1. The predicted octanol–water partition coefficient (Wildman–Crippen LogP) is 4.95. The van der Waals surface area contributed by atoms with Crippen molar-refractivity contribution in [2.45, 2.75) is 25.9 Å². The van der Waals surface area contributed by atoms with Gasteiger partial charge in [0.25, 0.3) is 0 Å². The molecule has 2 aromatic carbocycles. The molecule has 1 fully saturated rings. The molecule has 1 amide bonds. The van der Waals surface area contributed by atoms with E-state index >= 15 is 0 Å². The maximum atomic E-state index is 12.0. The lowest BCUT2D eigenvalue weighted by Gasteiger charge is -2.28. The van der Waals surface area contributed by atoms with Gasteiger partial charge in [-0.15, -0.1) is 0 Å². The van der Waals surface area contributed by atoms with Crippen LogP contribution in [0, 0.1) is 13.8 Å². The lowest BCUT2D eigenvalue weighted by atomic mass is 9.96. The zero-order chi connectivity index (χ0) is 28.4. The number of pyridine rings is 1. The van der Waals surface area contributed by atoms with Crippen LogP contribution in [0.2, 0.25) is 0 Å². The van der Waals surface area contributed by atoms with Gasteiger partial charge in [-0.1, -0.05) is 18.2 Å². The molecule has 2 aromatic heterocycles. The van der Waals surface area contributed by atoms with E-state index in [9.17, 15) is 14.7 Å². The second kappa shape index (κ2) is 11.3. The number of aromatic carboxylic acids is 1. The van der Waals surface area contributed by atoms with E-state index in [0.29, 0.717) is 16.5 Å². The third kappa shape index (κ3) is 5.06. The maximum Gasteiger partial charge on any atom is 0.337 e. The van der Waals surface area contributed by atoms with Gasteiger partial charge in [0.1, 0.15) is 6.61 Å². The summed E-state index contributed by atoms with van der Waals surface area (Å²) in [5, 5.41) is 16.7. The summed E-state index contributed by atoms with van der Waals surface area (Å²) in [5.41, 5.74) is 5.91. The fraction of sp³-hybridized carbons (Fsp3) is 0.200. The Hall–Kier alpha value is -4.54. The van der Waals surface area contributed by atoms with Gasteiger partial charge >= 0.3 is 5.97 Å². The number of para-hydroxylation sites is 1. The molecule has 0 aliphatic carbocycles. The fourth-order valence-electron chi connectivity index (χ4n) is 5.29. The van der Waals surface area contributed by atoms with E-state index in [-0.39, 0.29) is 30.2 Å². The Bertz CT molecular complexity index is 1570. The molecular formula is C30H29N5O4S. The Morgan fingerprint density at radius 3 is 2.48 bits per heavy atom. The van der Waals surface area contributed by atoms with Crippen LogP contribution in [-0.2, 0) is 9.53 Å². The number of hydrogen-bond donors (Lipinski definition) is 3. The molecule has 2 atom stereocenters. The second-order valence-corrected chi connectivity index (χ2v) is 9.90. The van der Waals surface area contributed by atoms with Gasteiger partial charge < -0.3 is 29.9 Å². The lowest BCUT2D eigenvalue weighted by Crippen LogP contribution is -2.29. The van der Waals surface area contributed by atoms with E-state index in [4.69, 9.17) is 17.0 Å². The normalized spacial score (nSPS) is 16.6. The van der Waals surface area contributed by atoms with Crippen molar-refractivity contribution < 1.29 is 19.4 Å². The van der Waals surface area contributed by atoms with Crippen molar-refractivity contribution in [3.63, 3.8) is 0 Å². The standard InChI is InChI=1S/C30H29N5O4S/c1-18-16-23(19(2)34(18)25-10-5-4-8-22(25)29(37)38)28-27(24-9-6-7-15-31-24)33-30(40)35(28)21-13-11-20(12-14-21)32-26(36)17-39-3/h4-16,27-28H,17H2,1-3H3,(H,32,36)(H,33,40)(H,37,38)/t27-,28-/m1/s1. The number of carboxylic acid groups (broad SMARTS) is 1. The largest absolute Gasteiger partial charge is 0.478 e. The van der Waals surface area contributed by atoms with Crippen molar-refractivity contribution in [3.05, 3.63) is 107 Å². The molecule has 4 aromatic rings. The molecule has 0 bridgehead atoms. The number of carbonyl (C=O) groups is 2. The highest BCUT2D eigenvalue weighted by Crippen LogP contribution is 2.44. The van der Waals surface area contributed by atoms with Crippen LogP contribution in [-0.4, -0.2) is 45.4 Å². The van der Waals surface area contributed by atoms with Crippen molar-refractivity contribution in [1.82, 2.24) is 14.9 Å². The van der Waals surface area contributed by atoms with E-state index in [1.54, 1.807) is 18.3 Å². The minimum absolute atomic E-state index is 0.0314. The van der Waals surface area contributed by atoms with E-state index in [1.807, 2.05) is 77.9 Å². The van der Waals surface area contributed by atoms with Crippen LogP contribution in [0.5, 0.6) is 0 Å². The molecule has 0 saturated carbocycles. The summed E-state index contributed by atoms with van der Waals surface area (Å²) in [6, 6.07) is 21.7. The summed E-state index contributed by atoms with van der Waals surface area (Å²) in [6.07, 6.45) is 1.75. The average Bonchev–Trinajstić information content (AvgIpc) is 3.44. The highest BCUT2D eigenvalue weighted by molar-refractivity contribution is 7.80. The first kappa shape index (κ1) is 27.0. The minimum Gasteiger partial charge on any atom is -0.478 e. The number of nitrogens with zero attached hydrogens (tertiary/aromatic N) is 3. The van der Waals surface area contributed by atoms with Gasteiger partial charge in [0.05, 0.1) is 29.0 Å². The van der Waals surface area contributed by atoms with Crippen molar-refractivity contribution in [2.75, 3.05) is 23.9 Å². The van der Waals surface area contributed by atoms with Crippen molar-refractivity contribution >= 4 is 40.6 Å². The van der Waals surface area contributed by atoms with Crippen molar-refractivity contribution in [2.24, 2.45) is 0 Å². The molecule has 1 aliphatic rings. The van der Waals surface area contributed by atoms with Crippen LogP contribution < -0.4 is 15.5 Å². The van der Waals surface area contributed by atoms with Crippen LogP contribution in [0.3, 0.4) is 0 Å². The number of nitrogens with one attached hydrogen (secondary N) is 2. The van der Waals surface area contributed by atoms with E-state index in [2.05, 4.69) is 21.7 Å². The Labute approximate surface area is 237 Å². The Morgan fingerprint density at radius 1 is 1.07 bits per heavy atom. The molecule has 1 saturated heterocycles. The van der Waals surface area contributed by atoms with E-state index < -0.39 is 5.97 Å². The second-order valence-electron chi connectivity index (χ2n) is 9.51. The summed E-state index contributed by atoms with van der Waals surface area (Å²) < 4.78 is 6.88. The minimum atomic E-state index is -0.987. The number of methoxy groups -OCH3 is 1. The Morgan fingerprint density at radius 2 is 1.80 bits per heavy atom. The van der Waals surface area contributed by atoms with Gasteiger partial charge in [-0.3, -0.25) is 9.78 Å². The first-order valence-corrected chi connectivity index (χ1v) is 13.1. The quantitative estimate of drug-likeness (QED) is 0.262. The number of amides is 1. The smallest absolute Gasteiger partial charge is 0.337 e. The van der Waals surface area contributed by atoms with Gasteiger partial charge in [0, 0.05) is 36.1 Å². The number of carboxylic acids is 1. The molecule has 9 nitrogen and oxygen atoms in total. The summed E-state index contributed by atoms with van der Waals surface area (Å²) in [6.45, 7) is 3.92. The first-order chi connectivity index (χ1) is 19.3. The van der Waals surface area contributed by atoms with Crippen LogP contribution in [0.15, 0.2) is 79.0 Å². The van der Waals surface area contributed by atoms with Crippen LogP contribution >= 0.6 is 12.2 Å².